The molecule has 3 rings (SSSR count). The molecule has 1 saturated carbocycles. The molecule has 0 aromatic heterocycles. The summed E-state index contributed by atoms with van der Waals surface area (Å²) in [6, 6.07) is 21.0. The van der Waals surface area contributed by atoms with E-state index in [0.29, 0.717) is 5.92 Å². The molecular weight excluding hydrogens is 220 g/mol. The van der Waals surface area contributed by atoms with Crippen LogP contribution >= 0.6 is 0 Å². The lowest BCUT2D eigenvalue weighted by Crippen LogP contribution is -2.15. The third-order valence-corrected chi connectivity index (χ3v) is 4.03. The lowest BCUT2D eigenvalue weighted by atomic mass is 9.83. The molecule has 18 heavy (non-hydrogen) atoms. The van der Waals surface area contributed by atoms with Crippen LogP contribution in [-0.4, -0.2) is 11.2 Å². The molecule has 1 aliphatic carbocycles. The minimum absolute atomic E-state index is 0.211. The highest BCUT2D eigenvalue weighted by molar-refractivity contribution is 5.31. The van der Waals surface area contributed by atoms with Gasteiger partial charge >= 0.3 is 0 Å². The van der Waals surface area contributed by atoms with Crippen molar-refractivity contribution in [2.75, 3.05) is 0 Å². The Morgan fingerprint density at radius 2 is 1.28 bits per heavy atom. The van der Waals surface area contributed by atoms with Crippen LogP contribution in [0.4, 0.5) is 0 Å². The van der Waals surface area contributed by atoms with Gasteiger partial charge < -0.3 is 5.11 Å². The van der Waals surface area contributed by atoms with Gasteiger partial charge in [-0.25, -0.2) is 0 Å². The van der Waals surface area contributed by atoms with Crippen LogP contribution in [0.25, 0.3) is 0 Å². The first-order chi connectivity index (χ1) is 8.86. The number of hydrogen-bond donors (Lipinski definition) is 1. The number of aliphatic hydroxyl groups excluding tert-OH is 1. The van der Waals surface area contributed by atoms with Gasteiger partial charge in [0.25, 0.3) is 0 Å². The molecule has 2 aromatic carbocycles. The second kappa shape index (κ2) is 4.95. The van der Waals surface area contributed by atoms with Gasteiger partial charge in [-0.2, -0.15) is 0 Å². The maximum Gasteiger partial charge on any atom is 0.0614 e. The fourth-order valence-corrected chi connectivity index (χ4v) is 3.18. The number of rotatable bonds is 2. The number of benzene rings is 2. The Balaban J connectivity index is 1.96. The zero-order chi connectivity index (χ0) is 12.4. The predicted molar refractivity (Wildman–Crippen MR) is 73.6 cm³/mol. The highest BCUT2D eigenvalue weighted by Gasteiger charge is 2.36. The summed E-state index contributed by atoms with van der Waals surface area (Å²) < 4.78 is 0. The number of hydrogen-bond acceptors (Lipinski definition) is 1. The summed E-state index contributed by atoms with van der Waals surface area (Å²) in [5.74, 6) is 0.692. The molecule has 0 amide bonds. The second-order valence-electron chi connectivity index (χ2n) is 5.10. The van der Waals surface area contributed by atoms with Crippen LogP contribution in [0.15, 0.2) is 60.7 Å². The molecule has 0 aliphatic heterocycles. The van der Waals surface area contributed by atoms with Crippen molar-refractivity contribution in [3.8, 4) is 0 Å². The topological polar surface area (TPSA) is 20.2 Å². The van der Waals surface area contributed by atoms with Crippen LogP contribution in [0.5, 0.6) is 0 Å². The van der Waals surface area contributed by atoms with Crippen molar-refractivity contribution < 1.29 is 5.11 Å². The van der Waals surface area contributed by atoms with E-state index in [1.54, 1.807) is 0 Å². The van der Waals surface area contributed by atoms with Gasteiger partial charge in [-0.1, -0.05) is 60.7 Å². The number of aliphatic hydroxyl groups is 1. The van der Waals surface area contributed by atoms with Gasteiger partial charge in [-0.15, -0.1) is 0 Å². The molecule has 1 N–H and O–H groups in total. The Morgan fingerprint density at radius 1 is 0.722 bits per heavy atom. The van der Waals surface area contributed by atoms with Crippen molar-refractivity contribution in [2.45, 2.75) is 30.8 Å². The van der Waals surface area contributed by atoms with Crippen LogP contribution in [0.1, 0.15) is 35.8 Å². The Hall–Kier alpha value is -1.60. The summed E-state index contributed by atoms with van der Waals surface area (Å²) in [5.41, 5.74) is 2.61. The van der Waals surface area contributed by atoms with Gasteiger partial charge in [0.05, 0.1) is 6.10 Å². The largest absolute Gasteiger partial charge is 0.392 e. The van der Waals surface area contributed by atoms with E-state index in [4.69, 9.17) is 0 Å². The molecule has 1 aliphatic rings. The summed E-state index contributed by atoms with van der Waals surface area (Å²) in [5, 5.41) is 10.3. The van der Waals surface area contributed by atoms with E-state index in [0.717, 1.165) is 12.8 Å². The smallest absolute Gasteiger partial charge is 0.0614 e. The van der Waals surface area contributed by atoms with Gasteiger partial charge in [0.15, 0.2) is 0 Å². The van der Waals surface area contributed by atoms with E-state index < -0.39 is 0 Å². The maximum atomic E-state index is 10.3. The van der Waals surface area contributed by atoms with Crippen LogP contribution in [0.2, 0.25) is 0 Å². The first-order valence-electron chi connectivity index (χ1n) is 6.64. The van der Waals surface area contributed by atoms with Crippen LogP contribution in [0.3, 0.4) is 0 Å². The quantitative estimate of drug-likeness (QED) is 0.845. The molecule has 0 bridgehead atoms. The van der Waals surface area contributed by atoms with E-state index >= 15 is 0 Å². The van der Waals surface area contributed by atoms with Gasteiger partial charge in [-0.05, 0) is 29.9 Å². The molecule has 0 saturated heterocycles. The van der Waals surface area contributed by atoms with E-state index in [9.17, 15) is 5.11 Å². The van der Waals surface area contributed by atoms with Gasteiger partial charge in [0.1, 0.15) is 0 Å². The zero-order valence-corrected chi connectivity index (χ0v) is 10.4. The summed E-state index contributed by atoms with van der Waals surface area (Å²) in [6.45, 7) is 0. The molecule has 0 spiro atoms. The summed E-state index contributed by atoms with van der Waals surface area (Å²) in [7, 11) is 0. The third kappa shape index (κ3) is 2.06. The van der Waals surface area contributed by atoms with E-state index in [2.05, 4.69) is 48.5 Å². The van der Waals surface area contributed by atoms with Crippen molar-refractivity contribution in [1.29, 1.82) is 0 Å². The van der Waals surface area contributed by atoms with Crippen LogP contribution in [-0.2, 0) is 0 Å². The Labute approximate surface area is 108 Å². The minimum Gasteiger partial charge on any atom is -0.392 e. The van der Waals surface area contributed by atoms with Crippen molar-refractivity contribution in [3.05, 3.63) is 71.8 Å². The normalized spacial score (nSPS) is 27.3. The predicted octanol–water partition coefficient (Wildman–Crippen LogP) is 3.71. The fraction of sp³-hybridized carbons (Fsp3) is 0.294. The van der Waals surface area contributed by atoms with E-state index in [1.807, 2.05) is 12.1 Å². The van der Waals surface area contributed by atoms with Gasteiger partial charge in [0.2, 0.25) is 0 Å². The van der Waals surface area contributed by atoms with Crippen molar-refractivity contribution in [3.63, 3.8) is 0 Å². The molecule has 2 aromatic rings. The third-order valence-electron chi connectivity index (χ3n) is 4.03. The standard InChI is InChI=1S/C17H18O/c18-16-12-11-15(13-7-3-1-4-8-13)17(16)14-9-5-2-6-10-14/h1-10,15-18H,11-12H2/t15-,16+,17+/m0/s1. The molecule has 0 unspecified atom stereocenters. The lowest BCUT2D eigenvalue weighted by molar-refractivity contribution is 0.160. The molecule has 0 heterocycles. The zero-order valence-electron chi connectivity index (χ0n) is 10.4. The average Bonchev–Trinajstić information content (AvgIpc) is 2.83. The highest BCUT2D eigenvalue weighted by Crippen LogP contribution is 2.45. The SMILES string of the molecule is O[C@@H]1CC[C@@H](c2ccccc2)[C@H]1c1ccccc1. The average molecular weight is 238 g/mol. The Kier molecular flexibility index (Phi) is 3.16. The molecule has 1 nitrogen and oxygen atoms in total. The summed E-state index contributed by atoms with van der Waals surface area (Å²) >= 11 is 0. The molecule has 92 valence electrons. The van der Waals surface area contributed by atoms with E-state index in [1.165, 1.54) is 11.1 Å². The lowest BCUT2D eigenvalue weighted by Gasteiger charge is -2.23. The Bertz CT molecular complexity index is 492. The first-order valence-corrected chi connectivity index (χ1v) is 6.64. The summed E-state index contributed by atoms with van der Waals surface area (Å²) in [6.07, 6.45) is 1.77. The molecular formula is C17H18O. The van der Waals surface area contributed by atoms with Gasteiger partial charge in [-0.3, -0.25) is 0 Å². The van der Waals surface area contributed by atoms with Crippen molar-refractivity contribution >= 4 is 0 Å². The molecule has 0 radical (unpaired) electrons. The monoisotopic (exact) mass is 238 g/mol. The second-order valence-corrected chi connectivity index (χ2v) is 5.10. The first kappa shape index (κ1) is 11.5. The maximum absolute atomic E-state index is 10.3. The molecule has 1 fully saturated rings. The van der Waals surface area contributed by atoms with E-state index in [-0.39, 0.29) is 12.0 Å². The minimum atomic E-state index is -0.211. The Morgan fingerprint density at radius 3 is 1.89 bits per heavy atom. The summed E-state index contributed by atoms with van der Waals surface area (Å²) in [4.78, 5) is 0. The fourth-order valence-electron chi connectivity index (χ4n) is 3.18. The molecule has 1 heteroatoms. The molecule has 3 atom stereocenters. The highest BCUT2D eigenvalue weighted by atomic mass is 16.3. The van der Waals surface area contributed by atoms with Crippen LogP contribution in [0, 0.1) is 0 Å². The van der Waals surface area contributed by atoms with Crippen LogP contribution < -0.4 is 0 Å². The van der Waals surface area contributed by atoms with Crippen molar-refractivity contribution in [1.82, 2.24) is 0 Å². The van der Waals surface area contributed by atoms with Crippen molar-refractivity contribution in [2.24, 2.45) is 0 Å². The van der Waals surface area contributed by atoms with Gasteiger partial charge in [0, 0.05) is 5.92 Å².